The lowest BCUT2D eigenvalue weighted by Crippen LogP contribution is -2.64. The van der Waals surface area contributed by atoms with Gasteiger partial charge in [0.05, 0.1) is 25.6 Å². The molecule has 5 heterocycles. The van der Waals surface area contributed by atoms with Crippen molar-refractivity contribution in [1.29, 1.82) is 5.41 Å². The Balaban J connectivity index is 1.43. The van der Waals surface area contributed by atoms with Gasteiger partial charge in [-0.3, -0.25) is 101 Å². The van der Waals surface area contributed by atoms with Gasteiger partial charge in [-0.25, -0.2) is 9.59 Å². The van der Waals surface area contributed by atoms with E-state index in [0.717, 1.165) is 0 Å². The zero-order chi connectivity index (χ0) is 104. The fourth-order valence-corrected chi connectivity index (χ4v) is 18.8. The van der Waals surface area contributed by atoms with Gasteiger partial charge >= 0.3 is 11.9 Å². The number of fused-ring (bicyclic) bond motifs is 22. The Bertz CT molecular complexity index is 5060. The molecule has 0 aromatic heterocycles. The molecule has 5 aliphatic rings. The summed E-state index contributed by atoms with van der Waals surface area (Å²) in [6, 6.07) is -8.41. The highest BCUT2D eigenvalue weighted by atomic mass is 32.2. The molecule has 53 heteroatoms. The van der Waals surface area contributed by atoms with E-state index < -0.39 is 336 Å². The molecule has 0 saturated carbocycles. The topological polar surface area (TPSA) is 796 Å². The van der Waals surface area contributed by atoms with Crippen LogP contribution in [0.5, 0.6) is 0 Å². The number of rotatable bonds is 19. The van der Waals surface area contributed by atoms with Crippen LogP contribution in [0.15, 0.2) is 91.0 Å². The highest BCUT2D eigenvalue weighted by molar-refractivity contribution is 8.00. The smallest absolute Gasteiger partial charge is 0.335 e. The number of hydrogen-bond acceptors (Lipinski definition) is 29. The van der Waals surface area contributed by atoms with Gasteiger partial charge in [0.1, 0.15) is 96.7 Å². The van der Waals surface area contributed by atoms with Crippen LogP contribution in [0.2, 0.25) is 0 Å². The molecular weight excluding hydrogens is 1920 g/mol. The number of aliphatic carboxylic acids is 2. The average Bonchev–Trinajstić information content (AvgIpc) is 1.71. The van der Waals surface area contributed by atoms with Crippen LogP contribution in [0.25, 0.3) is 0 Å². The van der Waals surface area contributed by atoms with E-state index in [1.54, 1.807) is 91.0 Å². The van der Waals surface area contributed by atoms with Gasteiger partial charge in [-0.15, -0.1) is 0 Å². The number of nitrogens with two attached hydrogens (primary N) is 4. The Labute approximate surface area is 828 Å². The first kappa shape index (κ1) is 113. The number of nitrogens with one attached hydrogen (secondary N) is 20. The number of primary amides is 2. The summed E-state index contributed by atoms with van der Waals surface area (Å²) in [5.41, 5.74) is 24.6. The highest BCUT2D eigenvalue weighted by Crippen LogP contribution is 2.24. The van der Waals surface area contributed by atoms with Crippen LogP contribution < -0.4 is 124 Å². The van der Waals surface area contributed by atoms with Crippen molar-refractivity contribution in [2.45, 2.75) is 230 Å². The summed E-state index contributed by atoms with van der Waals surface area (Å²) in [6.45, 7) is 2.41. The van der Waals surface area contributed by atoms with Crippen LogP contribution in [0, 0.1) is 11.3 Å². The molecule has 5 aliphatic heterocycles. The molecule has 31 N–H and O–H groups in total. The summed E-state index contributed by atoms with van der Waals surface area (Å²) in [7, 11) is 0. The summed E-state index contributed by atoms with van der Waals surface area (Å²) < 4.78 is 0. The van der Waals surface area contributed by atoms with Crippen LogP contribution >= 0.6 is 35.3 Å². The maximum absolute atomic E-state index is 16.2. The van der Waals surface area contributed by atoms with Crippen molar-refractivity contribution in [3.8, 4) is 0 Å². The molecule has 20 amide bonds. The van der Waals surface area contributed by atoms with E-state index in [9.17, 15) is 68.1 Å². The lowest BCUT2D eigenvalue weighted by atomic mass is 10.00. The van der Waals surface area contributed by atoms with Crippen LogP contribution in [-0.4, -0.2) is 338 Å². The van der Waals surface area contributed by atoms with Gasteiger partial charge in [0.2, 0.25) is 118 Å². The molecule has 20 atom stereocenters. The molecule has 5 fully saturated rings. The summed E-state index contributed by atoms with van der Waals surface area (Å²) in [6.07, 6.45) is -7.39. The third-order valence-electron chi connectivity index (χ3n) is 23.5. The number of amides is 20. The Hall–Kier alpha value is -13.8. The van der Waals surface area contributed by atoms with E-state index in [1.165, 1.54) is 32.6 Å². The molecule has 8 rings (SSSR count). The maximum Gasteiger partial charge on any atom is 0.335 e. The lowest BCUT2D eigenvalue weighted by Gasteiger charge is -2.32. The third kappa shape index (κ3) is 35.8. The van der Waals surface area contributed by atoms with Crippen molar-refractivity contribution >= 4 is 171 Å². The minimum atomic E-state index is -2.99. The predicted molar refractivity (Wildman–Crippen MR) is 514 cm³/mol. The largest absolute Gasteiger partial charge is 0.480 e. The maximum atomic E-state index is 16.2. The van der Waals surface area contributed by atoms with Crippen LogP contribution in [0.3, 0.4) is 0 Å². The molecule has 6 bridgehead atoms. The fourth-order valence-electron chi connectivity index (χ4n) is 15.6. The zero-order valence-electron chi connectivity index (χ0n) is 78.4. The second kappa shape index (κ2) is 56.0. The molecule has 0 spiro atoms. The Morgan fingerprint density at radius 2 is 0.915 bits per heavy atom. The molecule has 50 nitrogen and oxygen atoms in total. The van der Waals surface area contributed by atoms with Crippen LogP contribution in [-0.2, 0) is 125 Å². The number of guanidine groups is 1. The van der Waals surface area contributed by atoms with Crippen molar-refractivity contribution < 1.29 is 121 Å². The second-order valence-electron chi connectivity index (χ2n) is 34.9. The average molecular weight is 2040 g/mol. The van der Waals surface area contributed by atoms with E-state index in [-0.39, 0.29) is 71.0 Å². The van der Waals surface area contributed by atoms with Gasteiger partial charge in [0.25, 0.3) is 0 Å². The van der Waals surface area contributed by atoms with E-state index in [1.807, 2.05) is 10.6 Å². The summed E-state index contributed by atoms with van der Waals surface area (Å²) >= 11 is 1.81. The van der Waals surface area contributed by atoms with Crippen molar-refractivity contribution in [2.24, 2.45) is 28.9 Å². The van der Waals surface area contributed by atoms with Crippen LogP contribution in [0.4, 0.5) is 0 Å². The van der Waals surface area contributed by atoms with Gasteiger partial charge < -0.3 is 144 Å². The molecule has 3 aromatic rings. The van der Waals surface area contributed by atoms with Gasteiger partial charge in [-0.05, 0) is 80.5 Å². The standard InChI is InChI=1S/C89H125N25O25S3/c1-43(2)66-84(133)109-59-41-140-40-58-79(128)108-60-42-142-45(4)68(86(135)105-55(75(124)110-66)34-48-22-12-7-13-23-48)111-76(125)54(33-47-20-10-6-11-21-47)104-82(131)61-26-17-31-114(61)65(118)38-98-72(121)53(32-46-18-8-5-9-19-46)103-78(127)57(106-80(60)129)36-95-29-15-14-24-52(87(136)137)102-85(134)67(112-77(126)56(35-63(92)116)99-64(117)37-97-83(132)69(113-81(59)130)70(119)88(138)139)44(3)141-39-49(90)71(120)100-50(25-16-30-96-89(93)94)73(122)101-51(74(123)107-58)27-28-62(91)115/h5-13,18-23,43-45,49-61,66-70,95,119H,14-17,24-42,90H2,1-4H3,(H2,91,115)(H2,92,116)(H,97,132)(H,98,121)(H,99,117)(H,100,120)(H,101,122)(H,102,134)(H,103,127)(H,104,131)(H,105,135)(H,106,129)(H,107,123)(H,108,128)(H,109,133)(H,110,124)(H,111,125)(H,112,126)(H,113,130)(H,136,137)(H,138,139)(H4,93,94,96)/t44-,45-,49-,50-,51-,52-,53-,54-,55-,56-,57-,58+,59-,60-,61-,66-,67+,68+,69-,70-/m0/s1. The number of carbonyl (C=O) groups is 22. The summed E-state index contributed by atoms with van der Waals surface area (Å²) in [5, 5.41) is 85.1. The molecule has 142 heavy (non-hydrogen) atoms. The normalized spacial score (nSPS) is 28.0. The first-order valence-electron chi connectivity index (χ1n) is 46.0. The van der Waals surface area contributed by atoms with Crippen molar-refractivity contribution in [3.63, 3.8) is 0 Å². The van der Waals surface area contributed by atoms with Gasteiger partial charge in [-0.2, -0.15) is 35.3 Å². The highest BCUT2D eigenvalue weighted by Gasteiger charge is 2.45. The number of carbonyl (C=O) groups excluding carboxylic acids is 20. The van der Waals surface area contributed by atoms with Crippen molar-refractivity contribution in [1.82, 2.24) is 106 Å². The number of carboxylic acid groups (broad SMARTS) is 2. The zero-order valence-corrected chi connectivity index (χ0v) is 80.8. The van der Waals surface area contributed by atoms with E-state index in [2.05, 4.69) is 90.4 Å². The Morgan fingerprint density at radius 3 is 1.47 bits per heavy atom. The van der Waals surface area contributed by atoms with E-state index in [4.69, 9.17) is 28.3 Å². The van der Waals surface area contributed by atoms with Crippen molar-refractivity contribution in [2.75, 3.05) is 62.3 Å². The second-order valence-corrected chi connectivity index (χ2v) is 38.8. The molecular formula is C89H125N25O25S3. The molecule has 0 unspecified atom stereocenters. The number of thioether (sulfide) groups is 3. The Kier molecular flexibility index (Phi) is 44.8. The molecule has 3 aromatic carbocycles. The monoisotopic (exact) mass is 2040 g/mol. The molecule has 0 aliphatic carbocycles. The minimum absolute atomic E-state index is 0.0274. The number of carboxylic acids is 2. The SMILES string of the molecule is CC(C)[C@@H]1NC(=O)[C@H](Cc2ccccc2)NC(=O)[C@@H]2NC(=O)[C@H](Cc3ccccc3)NC(=O)[C@@H]3CCCN3C(=O)CNC(=O)[C@H](Cc3ccccc3)NC(=O)[C@@H]3CNCCCC[C@@H](C(=O)O)NC(=O)[C@@H]4NC(=O)[C@H](CC(N)=O)NC(=O)CNC(=O)[C@H]([C@H](O)C(=O)O)NC(=O)[C@H](CSC[C@@H](NC(=O)[C@H](CCC(N)=O)NC(=O)[C@H](CCCNC(=N)N)NC(=O)[C@@H](N)CS[C@H]4C)C(=O)N[C@@H](CS[C@H]2C)C(=O)N3)NC1=O. The quantitative estimate of drug-likeness (QED) is 0.0229. The van der Waals surface area contributed by atoms with Crippen molar-refractivity contribution in [3.05, 3.63) is 108 Å². The fraction of sp³-hybridized carbons (Fsp3) is 0.539. The Morgan fingerprint density at radius 1 is 0.458 bits per heavy atom. The third-order valence-corrected chi connectivity index (χ3v) is 27.3. The number of aliphatic hydroxyl groups excluding tert-OH is 1. The first-order valence-corrected chi connectivity index (χ1v) is 49.3. The summed E-state index contributed by atoms with van der Waals surface area (Å²) in [4.78, 5) is 327. The summed E-state index contributed by atoms with van der Waals surface area (Å²) in [5.74, 6) is -33.2. The number of hydrogen-bond donors (Lipinski definition) is 27. The van der Waals surface area contributed by atoms with Gasteiger partial charge in [-0.1, -0.05) is 119 Å². The van der Waals surface area contributed by atoms with E-state index >= 15 is 52.7 Å². The predicted octanol–water partition coefficient (Wildman–Crippen LogP) is -10.1. The molecule has 5 saturated heterocycles. The van der Waals surface area contributed by atoms with Gasteiger partial charge in [0, 0.05) is 78.8 Å². The van der Waals surface area contributed by atoms with E-state index in [0.29, 0.717) is 52.0 Å². The first-order chi connectivity index (χ1) is 67.4. The van der Waals surface area contributed by atoms with Crippen LogP contribution in [0.1, 0.15) is 109 Å². The number of benzene rings is 3. The molecule has 774 valence electrons. The number of nitrogens with zero attached hydrogens (tertiary/aromatic N) is 1. The lowest BCUT2D eigenvalue weighted by molar-refractivity contribution is -0.152. The molecule has 0 radical (unpaired) electrons. The van der Waals surface area contributed by atoms with Gasteiger partial charge in [0.15, 0.2) is 12.1 Å². The minimum Gasteiger partial charge on any atom is -0.480 e. The number of aliphatic hydroxyl groups is 1.